The standard InChI is InChI=1S/C19H26N8/c1-12-10-13(20)6-9-26(12)16-11-24-17(18(21)25-16)19(22)27-8-3-4-14-15(27)5-2-7-23-14/h2,5,7,11-13,22H,3-4,6,8-10,20H2,1H3,(H2,21,25)/t12-,13+/m0/s1. The Hall–Kier alpha value is -2.74. The van der Waals surface area contributed by atoms with Crippen molar-refractivity contribution in [1.82, 2.24) is 15.0 Å². The lowest BCUT2D eigenvalue weighted by molar-refractivity contribution is 0.427. The van der Waals surface area contributed by atoms with E-state index in [-0.39, 0.29) is 17.7 Å². The molecule has 0 radical (unpaired) electrons. The van der Waals surface area contributed by atoms with Gasteiger partial charge in [-0.1, -0.05) is 0 Å². The van der Waals surface area contributed by atoms with E-state index in [1.165, 1.54) is 0 Å². The number of nitrogens with one attached hydrogen (secondary N) is 1. The van der Waals surface area contributed by atoms with Gasteiger partial charge in [0.1, 0.15) is 11.5 Å². The summed E-state index contributed by atoms with van der Waals surface area (Å²) in [5, 5.41) is 8.66. The second kappa shape index (κ2) is 7.11. The van der Waals surface area contributed by atoms with E-state index in [0.717, 1.165) is 56.0 Å². The number of nitrogen functional groups attached to an aromatic ring is 1. The minimum absolute atomic E-state index is 0.238. The molecule has 2 aromatic heterocycles. The molecule has 8 heteroatoms. The largest absolute Gasteiger partial charge is 0.382 e. The summed E-state index contributed by atoms with van der Waals surface area (Å²) in [7, 11) is 0. The van der Waals surface area contributed by atoms with Crippen LogP contribution in [-0.2, 0) is 6.42 Å². The van der Waals surface area contributed by atoms with Crippen LogP contribution in [0.4, 0.5) is 17.3 Å². The maximum absolute atomic E-state index is 8.66. The Morgan fingerprint density at radius 3 is 2.93 bits per heavy atom. The van der Waals surface area contributed by atoms with E-state index in [1.54, 1.807) is 12.4 Å². The van der Waals surface area contributed by atoms with Crippen LogP contribution >= 0.6 is 0 Å². The average molecular weight is 366 g/mol. The zero-order valence-corrected chi connectivity index (χ0v) is 15.6. The van der Waals surface area contributed by atoms with Crippen LogP contribution in [0.15, 0.2) is 24.5 Å². The molecule has 1 saturated heterocycles. The molecule has 0 amide bonds. The number of aryl methyl sites for hydroxylation is 1. The van der Waals surface area contributed by atoms with E-state index >= 15 is 0 Å². The first-order valence-electron chi connectivity index (χ1n) is 9.49. The van der Waals surface area contributed by atoms with Crippen molar-refractivity contribution in [3.63, 3.8) is 0 Å². The maximum atomic E-state index is 8.66. The number of hydrogen-bond donors (Lipinski definition) is 3. The Morgan fingerprint density at radius 2 is 2.15 bits per heavy atom. The summed E-state index contributed by atoms with van der Waals surface area (Å²) in [6.45, 7) is 3.74. The molecule has 8 nitrogen and oxygen atoms in total. The number of piperidine rings is 1. The number of nitrogens with two attached hydrogens (primary N) is 2. The molecule has 2 aliphatic heterocycles. The molecule has 2 aromatic rings. The molecule has 0 aromatic carbocycles. The number of nitrogens with zero attached hydrogens (tertiary/aromatic N) is 5. The number of anilines is 3. The summed E-state index contributed by atoms with van der Waals surface area (Å²) >= 11 is 0. The topological polar surface area (TPSA) is 121 Å². The first-order valence-corrected chi connectivity index (χ1v) is 9.49. The van der Waals surface area contributed by atoms with Crippen molar-refractivity contribution in [2.75, 3.05) is 28.6 Å². The second-order valence-electron chi connectivity index (χ2n) is 7.36. The Kier molecular flexibility index (Phi) is 4.65. The molecular formula is C19H26N8. The molecule has 0 unspecified atom stereocenters. The SMILES string of the molecule is C[C@H]1C[C@H](N)CCN1c1cnc(C(=N)N2CCCc3ncccc32)c(N)n1. The van der Waals surface area contributed by atoms with Crippen molar-refractivity contribution in [3.8, 4) is 0 Å². The zero-order valence-electron chi connectivity index (χ0n) is 15.6. The van der Waals surface area contributed by atoms with Crippen LogP contribution in [0.25, 0.3) is 0 Å². The van der Waals surface area contributed by atoms with Crippen LogP contribution in [0.3, 0.4) is 0 Å². The molecule has 4 heterocycles. The van der Waals surface area contributed by atoms with Crippen molar-refractivity contribution >= 4 is 23.2 Å². The molecule has 5 N–H and O–H groups in total. The third kappa shape index (κ3) is 3.32. The molecule has 27 heavy (non-hydrogen) atoms. The Balaban J connectivity index is 1.59. The van der Waals surface area contributed by atoms with E-state index in [4.69, 9.17) is 16.9 Å². The van der Waals surface area contributed by atoms with Gasteiger partial charge >= 0.3 is 0 Å². The first-order chi connectivity index (χ1) is 13.0. The van der Waals surface area contributed by atoms with E-state index < -0.39 is 0 Å². The minimum atomic E-state index is 0.238. The van der Waals surface area contributed by atoms with Crippen LogP contribution in [0, 0.1) is 5.41 Å². The van der Waals surface area contributed by atoms with Crippen molar-refractivity contribution in [3.05, 3.63) is 35.9 Å². The number of fused-ring (bicyclic) bond motifs is 1. The third-order valence-electron chi connectivity index (χ3n) is 5.44. The van der Waals surface area contributed by atoms with Crippen LogP contribution in [0.1, 0.15) is 37.6 Å². The third-order valence-corrected chi connectivity index (χ3v) is 5.44. The highest BCUT2D eigenvalue weighted by molar-refractivity contribution is 6.09. The van der Waals surface area contributed by atoms with E-state index in [2.05, 4.69) is 26.8 Å². The van der Waals surface area contributed by atoms with Gasteiger partial charge in [0.15, 0.2) is 11.7 Å². The quantitative estimate of drug-likeness (QED) is 0.544. The number of amidine groups is 1. The van der Waals surface area contributed by atoms with E-state index in [0.29, 0.717) is 11.7 Å². The summed E-state index contributed by atoms with van der Waals surface area (Å²) < 4.78 is 0. The van der Waals surface area contributed by atoms with Gasteiger partial charge in [0.2, 0.25) is 0 Å². The van der Waals surface area contributed by atoms with Gasteiger partial charge in [0.25, 0.3) is 0 Å². The lowest BCUT2D eigenvalue weighted by Gasteiger charge is -2.37. The highest BCUT2D eigenvalue weighted by atomic mass is 15.2. The number of hydrogen-bond acceptors (Lipinski definition) is 7. The Morgan fingerprint density at radius 1 is 1.30 bits per heavy atom. The highest BCUT2D eigenvalue weighted by Gasteiger charge is 2.27. The van der Waals surface area contributed by atoms with Gasteiger partial charge < -0.3 is 21.3 Å². The maximum Gasteiger partial charge on any atom is 0.155 e. The fourth-order valence-corrected chi connectivity index (χ4v) is 4.02. The van der Waals surface area contributed by atoms with Gasteiger partial charge in [0.05, 0.1) is 17.6 Å². The van der Waals surface area contributed by atoms with Gasteiger partial charge in [-0.05, 0) is 44.7 Å². The van der Waals surface area contributed by atoms with Crippen LogP contribution in [0.2, 0.25) is 0 Å². The monoisotopic (exact) mass is 366 g/mol. The smallest absolute Gasteiger partial charge is 0.155 e. The first kappa shape index (κ1) is 17.7. The van der Waals surface area contributed by atoms with Crippen LogP contribution < -0.4 is 21.3 Å². The molecular weight excluding hydrogens is 340 g/mol. The average Bonchev–Trinajstić information content (AvgIpc) is 2.67. The van der Waals surface area contributed by atoms with Gasteiger partial charge in [-0.15, -0.1) is 0 Å². The second-order valence-corrected chi connectivity index (χ2v) is 7.36. The molecule has 4 rings (SSSR count). The molecule has 0 aliphatic carbocycles. The van der Waals surface area contributed by atoms with Gasteiger partial charge in [0, 0.05) is 31.4 Å². The van der Waals surface area contributed by atoms with Gasteiger partial charge in [-0.2, -0.15) is 0 Å². The summed E-state index contributed by atoms with van der Waals surface area (Å²) in [6.07, 6.45) is 7.25. The minimum Gasteiger partial charge on any atom is -0.382 e. The molecule has 2 aliphatic rings. The van der Waals surface area contributed by atoms with E-state index in [9.17, 15) is 0 Å². The van der Waals surface area contributed by atoms with Gasteiger partial charge in [-0.25, -0.2) is 9.97 Å². The van der Waals surface area contributed by atoms with Gasteiger partial charge in [-0.3, -0.25) is 10.4 Å². The zero-order chi connectivity index (χ0) is 19.0. The summed E-state index contributed by atoms with van der Waals surface area (Å²) in [5.41, 5.74) is 14.7. The van der Waals surface area contributed by atoms with Crippen molar-refractivity contribution in [2.24, 2.45) is 5.73 Å². The number of aromatic nitrogens is 3. The van der Waals surface area contributed by atoms with Crippen LogP contribution in [0.5, 0.6) is 0 Å². The lowest BCUT2D eigenvalue weighted by atomic mass is 9.99. The van der Waals surface area contributed by atoms with Crippen molar-refractivity contribution in [2.45, 2.75) is 44.7 Å². The molecule has 0 saturated carbocycles. The fourth-order valence-electron chi connectivity index (χ4n) is 4.02. The highest BCUT2D eigenvalue weighted by Crippen LogP contribution is 2.28. The van der Waals surface area contributed by atoms with Crippen LogP contribution in [-0.4, -0.2) is 46.0 Å². The van der Waals surface area contributed by atoms with Crippen molar-refractivity contribution in [1.29, 1.82) is 5.41 Å². The summed E-state index contributed by atoms with van der Waals surface area (Å²) in [5.74, 6) is 1.31. The normalized spacial score (nSPS) is 22.4. The predicted molar refractivity (Wildman–Crippen MR) is 107 cm³/mol. The van der Waals surface area contributed by atoms with E-state index in [1.807, 2.05) is 17.0 Å². The number of pyridine rings is 1. The Labute approximate surface area is 159 Å². The summed E-state index contributed by atoms with van der Waals surface area (Å²) in [4.78, 5) is 17.6. The fraction of sp³-hybridized carbons (Fsp3) is 0.474. The molecule has 142 valence electrons. The predicted octanol–water partition coefficient (Wildman–Crippen LogP) is 1.55. The Bertz CT molecular complexity index is 851. The summed E-state index contributed by atoms with van der Waals surface area (Å²) in [6, 6.07) is 4.42. The lowest BCUT2D eigenvalue weighted by Crippen LogP contribution is -2.46. The molecule has 0 spiro atoms. The molecule has 1 fully saturated rings. The van der Waals surface area contributed by atoms with Crippen molar-refractivity contribution < 1.29 is 0 Å². The molecule has 0 bridgehead atoms. The number of rotatable bonds is 2. The molecule has 2 atom stereocenters.